The topological polar surface area (TPSA) is 58.9 Å². The lowest BCUT2D eigenvalue weighted by Gasteiger charge is -2.46. The van der Waals surface area contributed by atoms with Crippen molar-refractivity contribution in [1.82, 2.24) is 24.8 Å². The lowest BCUT2D eigenvalue weighted by molar-refractivity contribution is 0.196. The minimum absolute atomic E-state index is 0.265. The molecule has 1 N–H and O–H groups in total. The van der Waals surface area contributed by atoms with Crippen molar-refractivity contribution in [3.8, 4) is 17.1 Å². The number of benzene rings is 1. The Balaban J connectivity index is 1.50. The summed E-state index contributed by atoms with van der Waals surface area (Å²) in [6, 6.07) is 14.9. The zero-order valence-corrected chi connectivity index (χ0v) is 16.4. The average molecular weight is 400 g/mol. The minimum atomic E-state index is -0.265. The van der Waals surface area contributed by atoms with E-state index in [1.807, 2.05) is 22.8 Å². The van der Waals surface area contributed by atoms with E-state index in [1.165, 1.54) is 18.6 Å². The number of aromatic nitrogens is 4. The molecular weight excluding hydrogens is 379 g/mol. The Morgan fingerprint density at radius 1 is 0.967 bits per heavy atom. The minimum Gasteiger partial charge on any atom is -0.355 e. The van der Waals surface area contributed by atoms with Crippen molar-refractivity contribution in [1.29, 1.82) is 0 Å². The summed E-state index contributed by atoms with van der Waals surface area (Å²) >= 11 is 0. The monoisotopic (exact) mass is 400 g/mol. The van der Waals surface area contributed by atoms with Crippen molar-refractivity contribution >= 4 is 17.0 Å². The Hall–Kier alpha value is -3.32. The first-order valence-electron chi connectivity index (χ1n) is 10.3. The Kier molecular flexibility index (Phi) is 4.02. The molecule has 0 spiro atoms. The van der Waals surface area contributed by atoms with Gasteiger partial charge in [0.05, 0.1) is 5.69 Å². The zero-order valence-electron chi connectivity index (χ0n) is 16.4. The predicted molar refractivity (Wildman–Crippen MR) is 114 cm³/mol. The van der Waals surface area contributed by atoms with Crippen LogP contribution in [0.15, 0.2) is 60.9 Å². The average Bonchev–Trinajstić information content (AvgIpc) is 3.14. The number of piperidine rings is 1. The van der Waals surface area contributed by atoms with Gasteiger partial charge in [0.15, 0.2) is 5.65 Å². The molecule has 2 aliphatic heterocycles. The van der Waals surface area contributed by atoms with Gasteiger partial charge in [-0.25, -0.2) is 14.4 Å². The molecule has 0 unspecified atom stereocenters. The summed E-state index contributed by atoms with van der Waals surface area (Å²) in [6.45, 7) is 3.15. The van der Waals surface area contributed by atoms with E-state index in [-0.39, 0.29) is 5.82 Å². The number of pyridine rings is 2. The third kappa shape index (κ3) is 2.85. The van der Waals surface area contributed by atoms with Gasteiger partial charge in [-0.1, -0.05) is 0 Å². The van der Waals surface area contributed by atoms with Crippen molar-refractivity contribution in [2.75, 3.05) is 24.5 Å². The number of anilines is 1. The summed E-state index contributed by atoms with van der Waals surface area (Å²) in [5.41, 5.74) is 3.37. The summed E-state index contributed by atoms with van der Waals surface area (Å²) in [5, 5.41) is 3.53. The van der Waals surface area contributed by atoms with Gasteiger partial charge < -0.3 is 10.2 Å². The fourth-order valence-electron chi connectivity index (χ4n) is 4.48. The number of halogens is 1. The maximum Gasteiger partial charge on any atom is 0.167 e. The van der Waals surface area contributed by atoms with E-state index in [0.717, 1.165) is 59.6 Å². The van der Waals surface area contributed by atoms with E-state index < -0.39 is 0 Å². The van der Waals surface area contributed by atoms with Crippen molar-refractivity contribution in [2.45, 2.75) is 12.5 Å². The Morgan fingerprint density at radius 2 is 1.80 bits per heavy atom. The van der Waals surface area contributed by atoms with E-state index in [0.29, 0.717) is 6.04 Å². The molecule has 0 aliphatic carbocycles. The molecule has 0 radical (unpaired) electrons. The molecule has 150 valence electrons. The fraction of sp³-hybridized carbons (Fsp3) is 0.261. The quantitative estimate of drug-likeness (QED) is 0.571. The molecule has 6 rings (SSSR count). The van der Waals surface area contributed by atoms with Crippen molar-refractivity contribution < 1.29 is 4.39 Å². The molecule has 1 aromatic carbocycles. The van der Waals surface area contributed by atoms with Crippen LogP contribution in [0.1, 0.15) is 6.42 Å². The van der Waals surface area contributed by atoms with Gasteiger partial charge >= 0.3 is 0 Å². The summed E-state index contributed by atoms with van der Waals surface area (Å²) < 4.78 is 15.5. The number of hydrogen-bond acceptors (Lipinski definition) is 5. The molecule has 0 amide bonds. The van der Waals surface area contributed by atoms with Crippen LogP contribution in [0.2, 0.25) is 0 Å². The molecule has 2 fully saturated rings. The molecule has 4 aromatic rings. The Morgan fingerprint density at radius 3 is 2.53 bits per heavy atom. The number of rotatable bonds is 3. The molecule has 2 saturated heterocycles. The van der Waals surface area contributed by atoms with Crippen LogP contribution in [-0.4, -0.2) is 45.2 Å². The molecule has 7 heteroatoms. The van der Waals surface area contributed by atoms with Crippen LogP contribution in [0.25, 0.3) is 28.2 Å². The van der Waals surface area contributed by atoms with Gasteiger partial charge in [-0.15, -0.1) is 0 Å². The first kappa shape index (κ1) is 17.5. The lowest BCUT2D eigenvalue weighted by Crippen LogP contribution is -2.62. The highest BCUT2D eigenvalue weighted by Gasteiger charge is 2.36. The normalized spacial score (nSPS) is 20.8. The molecule has 2 aliphatic rings. The van der Waals surface area contributed by atoms with E-state index >= 15 is 0 Å². The number of imidazole rings is 1. The second-order valence-corrected chi connectivity index (χ2v) is 8.00. The van der Waals surface area contributed by atoms with Gasteiger partial charge in [0.25, 0.3) is 0 Å². The second-order valence-electron chi connectivity index (χ2n) is 8.00. The number of nitrogens with one attached hydrogen (secondary N) is 1. The van der Waals surface area contributed by atoms with Crippen molar-refractivity contribution in [3.05, 3.63) is 66.7 Å². The van der Waals surface area contributed by atoms with Crippen LogP contribution in [0.3, 0.4) is 0 Å². The van der Waals surface area contributed by atoms with Crippen LogP contribution in [-0.2, 0) is 0 Å². The van der Waals surface area contributed by atoms with E-state index in [4.69, 9.17) is 9.97 Å². The van der Waals surface area contributed by atoms with Crippen LogP contribution in [0.4, 0.5) is 10.2 Å². The highest BCUT2D eigenvalue weighted by molar-refractivity contribution is 5.81. The standard InChI is InChI=1S/C23H21FN6/c24-17-3-1-15(2-4-17)22-27-19-5-6-21(29-12-9-16-13-26-20(16)14-29)28-23(19)30(22)18-7-10-25-11-8-18/h1-8,10-11,16,20,26H,9,12-14H2/t16-,20-/m1/s1. The van der Waals surface area contributed by atoms with Gasteiger partial charge in [0.1, 0.15) is 23.0 Å². The smallest absolute Gasteiger partial charge is 0.167 e. The van der Waals surface area contributed by atoms with Crippen LogP contribution < -0.4 is 10.2 Å². The molecule has 3 aromatic heterocycles. The number of nitrogens with zero attached hydrogens (tertiary/aromatic N) is 5. The van der Waals surface area contributed by atoms with E-state index in [9.17, 15) is 4.39 Å². The van der Waals surface area contributed by atoms with Gasteiger partial charge in [-0.2, -0.15) is 0 Å². The highest BCUT2D eigenvalue weighted by Crippen LogP contribution is 2.31. The van der Waals surface area contributed by atoms with Gasteiger partial charge in [0, 0.05) is 37.1 Å². The lowest BCUT2D eigenvalue weighted by atomic mass is 9.85. The van der Waals surface area contributed by atoms with E-state index in [2.05, 4.69) is 21.3 Å². The first-order chi connectivity index (χ1) is 14.8. The molecule has 0 bridgehead atoms. The molecule has 0 saturated carbocycles. The summed E-state index contributed by atoms with van der Waals surface area (Å²) in [7, 11) is 0. The van der Waals surface area contributed by atoms with Crippen molar-refractivity contribution in [3.63, 3.8) is 0 Å². The molecule has 30 heavy (non-hydrogen) atoms. The zero-order chi connectivity index (χ0) is 20.1. The first-order valence-corrected chi connectivity index (χ1v) is 10.3. The third-order valence-corrected chi connectivity index (χ3v) is 6.24. The maximum atomic E-state index is 13.5. The SMILES string of the molecule is Fc1ccc(-c2nc3ccc(N4CC[C@@H]5CN[C@@H]5C4)nc3n2-c2ccncc2)cc1. The van der Waals surface area contributed by atoms with E-state index in [1.54, 1.807) is 24.5 Å². The Bertz CT molecular complexity index is 1200. The summed E-state index contributed by atoms with van der Waals surface area (Å²) in [6.07, 6.45) is 4.71. The van der Waals surface area contributed by atoms with Gasteiger partial charge in [-0.3, -0.25) is 9.55 Å². The van der Waals surface area contributed by atoms with Crippen LogP contribution >= 0.6 is 0 Å². The van der Waals surface area contributed by atoms with Crippen LogP contribution in [0.5, 0.6) is 0 Å². The summed E-state index contributed by atoms with van der Waals surface area (Å²) in [5.74, 6) is 2.24. The second kappa shape index (κ2) is 6.88. The van der Waals surface area contributed by atoms with Gasteiger partial charge in [-0.05, 0) is 67.4 Å². The number of hydrogen-bond donors (Lipinski definition) is 1. The third-order valence-electron chi connectivity index (χ3n) is 6.24. The maximum absolute atomic E-state index is 13.5. The highest BCUT2D eigenvalue weighted by atomic mass is 19.1. The molecule has 6 nitrogen and oxygen atoms in total. The Labute approximate surface area is 173 Å². The van der Waals surface area contributed by atoms with Crippen LogP contribution in [0, 0.1) is 11.7 Å². The predicted octanol–water partition coefficient (Wildman–Crippen LogP) is 3.42. The molecule has 2 atom stereocenters. The number of fused-ring (bicyclic) bond motifs is 2. The summed E-state index contributed by atoms with van der Waals surface area (Å²) in [4.78, 5) is 16.4. The fourth-order valence-corrected chi connectivity index (χ4v) is 4.48. The largest absolute Gasteiger partial charge is 0.355 e. The van der Waals surface area contributed by atoms with Crippen molar-refractivity contribution in [2.24, 2.45) is 5.92 Å². The molecule has 5 heterocycles. The van der Waals surface area contributed by atoms with Gasteiger partial charge in [0.2, 0.25) is 0 Å². The molecular formula is C23H21FN6.